The van der Waals surface area contributed by atoms with Crippen molar-refractivity contribution < 1.29 is 9.53 Å². The van der Waals surface area contributed by atoms with E-state index in [0.29, 0.717) is 19.1 Å². The van der Waals surface area contributed by atoms with Crippen molar-refractivity contribution in [2.45, 2.75) is 13.8 Å². The second kappa shape index (κ2) is 6.29. The van der Waals surface area contributed by atoms with E-state index in [-0.39, 0.29) is 6.09 Å². The van der Waals surface area contributed by atoms with Gasteiger partial charge in [-0.25, -0.2) is 4.79 Å². The lowest BCUT2D eigenvalue weighted by Gasteiger charge is -2.15. The van der Waals surface area contributed by atoms with Gasteiger partial charge in [0.25, 0.3) is 0 Å². The monoisotopic (exact) mass is 237 g/mol. The number of alkyl halides is 1. The fourth-order valence-electron chi connectivity index (χ4n) is 0.497. The van der Waals surface area contributed by atoms with Gasteiger partial charge in [0.2, 0.25) is 0 Å². The summed E-state index contributed by atoms with van der Waals surface area (Å²) in [5.41, 5.74) is 0. The lowest BCUT2D eigenvalue weighted by Crippen LogP contribution is -2.28. The van der Waals surface area contributed by atoms with E-state index in [1.165, 1.54) is 0 Å². The van der Waals surface area contributed by atoms with Crippen LogP contribution in [0, 0.1) is 5.92 Å². The fourth-order valence-corrected chi connectivity index (χ4v) is 0.684. The summed E-state index contributed by atoms with van der Waals surface area (Å²) in [6, 6.07) is 0. The lowest BCUT2D eigenvalue weighted by atomic mass is 10.2. The van der Waals surface area contributed by atoms with E-state index in [0.717, 1.165) is 5.33 Å². The van der Waals surface area contributed by atoms with E-state index in [4.69, 9.17) is 4.74 Å². The van der Waals surface area contributed by atoms with Crippen molar-refractivity contribution in [2.75, 3.05) is 25.5 Å². The van der Waals surface area contributed by atoms with E-state index in [1.807, 2.05) is 13.8 Å². The molecule has 0 rings (SSSR count). The van der Waals surface area contributed by atoms with Crippen LogP contribution in [0.25, 0.3) is 0 Å². The number of halogens is 1. The van der Waals surface area contributed by atoms with Crippen LogP contribution in [0.1, 0.15) is 13.8 Å². The number of carbonyl (C=O) groups excluding carboxylic acids is 1. The number of amides is 1. The first kappa shape index (κ1) is 11.8. The Morgan fingerprint density at radius 1 is 1.67 bits per heavy atom. The maximum Gasteiger partial charge on any atom is 0.409 e. The van der Waals surface area contributed by atoms with Crippen molar-refractivity contribution in [3.63, 3.8) is 0 Å². The molecule has 12 heavy (non-hydrogen) atoms. The molecule has 0 spiro atoms. The number of nitrogens with zero attached hydrogens (tertiary/aromatic N) is 1. The first-order valence-electron chi connectivity index (χ1n) is 4.05. The Kier molecular flexibility index (Phi) is 6.16. The third kappa shape index (κ3) is 4.59. The van der Waals surface area contributed by atoms with E-state index < -0.39 is 0 Å². The minimum atomic E-state index is -0.245. The average Bonchev–Trinajstić information content (AvgIpc) is 2.11. The SMILES string of the molecule is CCN(C)C(=O)OCC(C)CBr. The Morgan fingerprint density at radius 2 is 2.25 bits per heavy atom. The zero-order chi connectivity index (χ0) is 9.56. The third-order valence-electron chi connectivity index (χ3n) is 1.54. The molecule has 1 unspecified atom stereocenters. The van der Waals surface area contributed by atoms with Gasteiger partial charge in [0.15, 0.2) is 0 Å². The molecular formula is C8H16BrNO2. The molecule has 0 heterocycles. The number of hydrogen-bond donors (Lipinski definition) is 0. The molecule has 0 saturated heterocycles. The smallest absolute Gasteiger partial charge is 0.409 e. The highest BCUT2D eigenvalue weighted by molar-refractivity contribution is 9.09. The van der Waals surface area contributed by atoms with Crippen LogP contribution in [-0.2, 0) is 4.74 Å². The first-order valence-corrected chi connectivity index (χ1v) is 5.17. The van der Waals surface area contributed by atoms with Crippen molar-refractivity contribution in [2.24, 2.45) is 5.92 Å². The van der Waals surface area contributed by atoms with Crippen LogP contribution >= 0.6 is 15.9 Å². The highest BCUT2D eigenvalue weighted by Gasteiger charge is 2.09. The highest BCUT2D eigenvalue weighted by Crippen LogP contribution is 2.01. The van der Waals surface area contributed by atoms with E-state index in [2.05, 4.69) is 15.9 Å². The zero-order valence-electron chi connectivity index (χ0n) is 7.84. The van der Waals surface area contributed by atoms with Crippen molar-refractivity contribution >= 4 is 22.0 Å². The van der Waals surface area contributed by atoms with E-state index in [1.54, 1.807) is 11.9 Å². The Morgan fingerprint density at radius 3 is 2.67 bits per heavy atom. The second-order valence-corrected chi connectivity index (χ2v) is 3.50. The van der Waals surface area contributed by atoms with Crippen LogP contribution in [-0.4, -0.2) is 36.5 Å². The van der Waals surface area contributed by atoms with Crippen molar-refractivity contribution in [3.8, 4) is 0 Å². The standard InChI is InChI=1S/C8H16BrNO2/c1-4-10(3)8(11)12-6-7(2)5-9/h7H,4-6H2,1-3H3. The molecule has 0 aliphatic rings. The molecule has 0 bridgehead atoms. The molecule has 0 aromatic heterocycles. The molecule has 0 aromatic rings. The zero-order valence-corrected chi connectivity index (χ0v) is 9.43. The van der Waals surface area contributed by atoms with Crippen molar-refractivity contribution in [3.05, 3.63) is 0 Å². The Bertz CT molecular complexity index is 141. The van der Waals surface area contributed by atoms with Gasteiger partial charge in [0, 0.05) is 24.8 Å². The number of ether oxygens (including phenoxy) is 1. The van der Waals surface area contributed by atoms with Crippen LogP contribution in [0.2, 0.25) is 0 Å². The van der Waals surface area contributed by atoms with Crippen LogP contribution in [0.5, 0.6) is 0 Å². The summed E-state index contributed by atoms with van der Waals surface area (Å²) in [5, 5.41) is 0.857. The van der Waals surface area contributed by atoms with Crippen molar-refractivity contribution in [1.82, 2.24) is 4.90 Å². The minimum absolute atomic E-state index is 0.245. The number of carbonyl (C=O) groups is 1. The molecular weight excluding hydrogens is 222 g/mol. The number of hydrogen-bond acceptors (Lipinski definition) is 2. The van der Waals surface area contributed by atoms with E-state index >= 15 is 0 Å². The second-order valence-electron chi connectivity index (χ2n) is 2.85. The highest BCUT2D eigenvalue weighted by atomic mass is 79.9. The van der Waals surface area contributed by atoms with Gasteiger partial charge >= 0.3 is 6.09 Å². The van der Waals surface area contributed by atoms with Crippen LogP contribution in [0.15, 0.2) is 0 Å². The summed E-state index contributed by atoms with van der Waals surface area (Å²) < 4.78 is 5.00. The molecule has 0 aliphatic heterocycles. The molecule has 72 valence electrons. The maximum atomic E-state index is 11.1. The Hall–Kier alpha value is -0.250. The molecule has 0 aliphatic carbocycles. The van der Waals surface area contributed by atoms with Gasteiger partial charge in [0.05, 0.1) is 6.61 Å². The van der Waals surface area contributed by atoms with Gasteiger partial charge in [0.1, 0.15) is 0 Å². The quantitative estimate of drug-likeness (QED) is 0.702. The summed E-state index contributed by atoms with van der Waals surface area (Å²) in [4.78, 5) is 12.6. The molecule has 1 atom stereocenters. The van der Waals surface area contributed by atoms with Gasteiger partial charge in [-0.3, -0.25) is 0 Å². The minimum Gasteiger partial charge on any atom is -0.449 e. The summed E-state index contributed by atoms with van der Waals surface area (Å²) in [5.74, 6) is 0.374. The molecule has 3 nitrogen and oxygen atoms in total. The summed E-state index contributed by atoms with van der Waals surface area (Å²) in [7, 11) is 1.72. The van der Waals surface area contributed by atoms with Gasteiger partial charge in [-0.2, -0.15) is 0 Å². The molecule has 4 heteroatoms. The largest absolute Gasteiger partial charge is 0.449 e. The molecule has 0 N–H and O–H groups in total. The Balaban J connectivity index is 3.56. The number of rotatable bonds is 4. The fraction of sp³-hybridized carbons (Fsp3) is 0.875. The molecule has 0 saturated carbocycles. The summed E-state index contributed by atoms with van der Waals surface area (Å²) in [6.45, 7) is 5.10. The predicted molar refractivity (Wildman–Crippen MR) is 52.6 cm³/mol. The van der Waals surface area contributed by atoms with Gasteiger partial charge < -0.3 is 9.64 Å². The van der Waals surface area contributed by atoms with Gasteiger partial charge in [-0.15, -0.1) is 0 Å². The first-order chi connectivity index (χ1) is 5.61. The maximum absolute atomic E-state index is 11.1. The lowest BCUT2D eigenvalue weighted by molar-refractivity contribution is 0.102. The average molecular weight is 238 g/mol. The van der Waals surface area contributed by atoms with Crippen LogP contribution < -0.4 is 0 Å². The molecule has 0 radical (unpaired) electrons. The molecule has 0 aromatic carbocycles. The normalized spacial score (nSPS) is 12.3. The molecule has 1 amide bonds. The summed E-state index contributed by atoms with van der Waals surface area (Å²) in [6.07, 6.45) is -0.245. The van der Waals surface area contributed by atoms with E-state index in [9.17, 15) is 4.79 Å². The van der Waals surface area contributed by atoms with Gasteiger partial charge in [-0.1, -0.05) is 22.9 Å². The molecule has 0 fully saturated rings. The predicted octanol–water partition coefficient (Wildman–Crippen LogP) is 2.11. The van der Waals surface area contributed by atoms with Crippen LogP contribution in [0.4, 0.5) is 4.79 Å². The topological polar surface area (TPSA) is 29.5 Å². The van der Waals surface area contributed by atoms with Crippen LogP contribution in [0.3, 0.4) is 0 Å². The Labute approximate surface area is 82.2 Å². The third-order valence-corrected chi connectivity index (χ3v) is 2.65. The van der Waals surface area contributed by atoms with Crippen molar-refractivity contribution in [1.29, 1.82) is 0 Å². The van der Waals surface area contributed by atoms with Gasteiger partial charge in [-0.05, 0) is 6.92 Å². The summed E-state index contributed by atoms with van der Waals surface area (Å²) >= 11 is 3.31.